The van der Waals surface area contributed by atoms with Gasteiger partial charge in [-0.3, -0.25) is 9.69 Å². The molecule has 4 nitrogen and oxygen atoms in total. The minimum atomic E-state index is -0.0656. The molecule has 158 valence electrons. The van der Waals surface area contributed by atoms with Crippen LogP contribution in [-0.2, 0) is 13.0 Å². The van der Waals surface area contributed by atoms with Crippen LogP contribution < -0.4 is 5.32 Å². The van der Waals surface area contributed by atoms with Crippen LogP contribution in [0, 0.1) is 0 Å². The number of hydrogen-bond acceptors (Lipinski definition) is 6. The predicted molar refractivity (Wildman–Crippen MR) is 134 cm³/mol. The minimum Gasteiger partial charge on any atom is -0.313 e. The van der Waals surface area contributed by atoms with Gasteiger partial charge in [0.2, 0.25) is 0 Å². The lowest BCUT2D eigenvalue weighted by molar-refractivity contribution is 0.102. The molecule has 2 aromatic carbocycles. The van der Waals surface area contributed by atoms with Crippen LogP contribution in [-0.4, -0.2) is 35.1 Å². The normalized spacial score (nSPS) is 14.0. The molecule has 2 aromatic heterocycles. The molecule has 4 aromatic rings. The third-order valence-electron chi connectivity index (χ3n) is 5.65. The number of nitrogens with zero attached hydrogens (tertiary/aromatic N) is 2. The lowest BCUT2D eigenvalue weighted by atomic mass is 10.0. The Hall–Kier alpha value is -2.19. The van der Waals surface area contributed by atoms with Gasteiger partial charge < -0.3 is 5.32 Å². The Balaban J connectivity index is 1.57. The van der Waals surface area contributed by atoms with Crippen LogP contribution in [0.3, 0.4) is 0 Å². The molecule has 7 heteroatoms. The van der Waals surface area contributed by atoms with Gasteiger partial charge in [-0.25, -0.2) is 4.98 Å². The standard InChI is InChI=1S/C24H23N3OS3/c1-3-27-12-11-17-20(14-27)31-24(26-22(28)15-7-6-8-16(13-15)29-2)21(17)23-25-18-9-4-5-10-19(18)30-23/h4-10,13H,3,11-12,14H2,1-2H3,(H,26,28). The summed E-state index contributed by atoms with van der Waals surface area (Å²) in [7, 11) is 0. The largest absolute Gasteiger partial charge is 0.313 e. The number of nitrogens with one attached hydrogen (secondary N) is 1. The van der Waals surface area contributed by atoms with Crippen LogP contribution in [0.4, 0.5) is 5.00 Å². The van der Waals surface area contributed by atoms with Gasteiger partial charge in [0.05, 0.1) is 10.2 Å². The van der Waals surface area contributed by atoms with Gasteiger partial charge >= 0.3 is 0 Å². The maximum atomic E-state index is 13.1. The minimum absolute atomic E-state index is 0.0656. The van der Waals surface area contributed by atoms with Crippen molar-refractivity contribution < 1.29 is 4.79 Å². The van der Waals surface area contributed by atoms with Crippen molar-refractivity contribution in [2.75, 3.05) is 24.7 Å². The number of fused-ring (bicyclic) bond motifs is 2. The molecule has 1 N–H and O–H groups in total. The first-order valence-electron chi connectivity index (χ1n) is 10.3. The Morgan fingerprint density at radius 3 is 2.87 bits per heavy atom. The van der Waals surface area contributed by atoms with E-state index in [9.17, 15) is 4.79 Å². The Labute approximate surface area is 194 Å². The van der Waals surface area contributed by atoms with Crippen molar-refractivity contribution >= 4 is 55.6 Å². The molecule has 0 aliphatic carbocycles. The lowest BCUT2D eigenvalue weighted by Gasteiger charge is -2.25. The van der Waals surface area contributed by atoms with E-state index in [0.717, 1.165) is 52.0 Å². The van der Waals surface area contributed by atoms with Crippen LogP contribution in [0.5, 0.6) is 0 Å². The van der Waals surface area contributed by atoms with Gasteiger partial charge in [-0.15, -0.1) is 34.4 Å². The zero-order valence-corrected chi connectivity index (χ0v) is 19.9. The number of benzene rings is 2. The SMILES string of the molecule is CCN1CCc2c(sc(NC(=O)c3cccc(SC)c3)c2-c2nc3ccccc3s2)C1. The molecule has 0 bridgehead atoms. The smallest absolute Gasteiger partial charge is 0.256 e. The predicted octanol–water partition coefficient (Wildman–Crippen LogP) is 6.38. The number of carbonyl (C=O) groups excluding carboxylic acids is 1. The summed E-state index contributed by atoms with van der Waals surface area (Å²) in [5.41, 5.74) is 4.16. The highest BCUT2D eigenvalue weighted by molar-refractivity contribution is 7.98. The molecule has 5 rings (SSSR count). The number of anilines is 1. The molecule has 0 radical (unpaired) electrons. The first-order chi connectivity index (χ1) is 15.2. The molecule has 31 heavy (non-hydrogen) atoms. The van der Waals surface area contributed by atoms with Crippen molar-refractivity contribution in [3.05, 3.63) is 64.5 Å². The van der Waals surface area contributed by atoms with Gasteiger partial charge in [0.15, 0.2) is 0 Å². The molecule has 0 fully saturated rings. The summed E-state index contributed by atoms with van der Waals surface area (Å²) in [5.74, 6) is -0.0656. The maximum absolute atomic E-state index is 13.1. The maximum Gasteiger partial charge on any atom is 0.256 e. The molecule has 1 aliphatic rings. The number of likely N-dealkylation sites (N-methyl/N-ethyl adjacent to an activating group) is 1. The summed E-state index contributed by atoms with van der Waals surface area (Å²) in [6, 6.07) is 16.0. The average Bonchev–Trinajstić information content (AvgIpc) is 3.38. The van der Waals surface area contributed by atoms with Crippen LogP contribution in [0.1, 0.15) is 27.7 Å². The van der Waals surface area contributed by atoms with E-state index in [0.29, 0.717) is 5.56 Å². The van der Waals surface area contributed by atoms with Gasteiger partial charge in [0.25, 0.3) is 5.91 Å². The van der Waals surface area contributed by atoms with Crippen LogP contribution in [0.15, 0.2) is 53.4 Å². The molecule has 0 saturated heterocycles. The van der Waals surface area contributed by atoms with Crippen molar-refractivity contribution in [3.8, 4) is 10.6 Å². The van der Waals surface area contributed by atoms with Gasteiger partial charge in [0.1, 0.15) is 10.0 Å². The second-order valence-electron chi connectivity index (χ2n) is 7.50. The number of thioether (sulfide) groups is 1. The Bertz CT molecular complexity index is 1230. The second-order valence-corrected chi connectivity index (χ2v) is 10.5. The number of rotatable bonds is 5. The van der Waals surface area contributed by atoms with E-state index in [4.69, 9.17) is 4.98 Å². The molecule has 0 saturated carbocycles. The van der Waals surface area contributed by atoms with E-state index >= 15 is 0 Å². The molecular weight excluding hydrogens is 442 g/mol. The van der Waals surface area contributed by atoms with E-state index < -0.39 is 0 Å². The van der Waals surface area contributed by atoms with Crippen LogP contribution in [0.25, 0.3) is 20.8 Å². The third kappa shape index (κ3) is 4.03. The highest BCUT2D eigenvalue weighted by atomic mass is 32.2. The van der Waals surface area contributed by atoms with Gasteiger partial charge in [-0.1, -0.05) is 25.1 Å². The number of hydrogen-bond donors (Lipinski definition) is 1. The summed E-state index contributed by atoms with van der Waals surface area (Å²) in [4.78, 5) is 22.9. The summed E-state index contributed by atoms with van der Waals surface area (Å²) in [6.07, 6.45) is 3.01. The van der Waals surface area contributed by atoms with Crippen LogP contribution in [0.2, 0.25) is 0 Å². The topological polar surface area (TPSA) is 45.2 Å². The number of thiophene rings is 1. The van der Waals surface area contributed by atoms with E-state index in [1.165, 1.54) is 15.1 Å². The van der Waals surface area contributed by atoms with Crippen molar-refractivity contribution in [2.24, 2.45) is 0 Å². The summed E-state index contributed by atoms with van der Waals surface area (Å²) < 4.78 is 1.17. The third-order valence-corrected chi connectivity index (χ3v) is 8.56. The molecular formula is C24H23N3OS3. The first-order valence-corrected chi connectivity index (χ1v) is 13.2. The quantitative estimate of drug-likeness (QED) is 0.348. The second kappa shape index (κ2) is 8.74. The molecule has 1 aliphatic heterocycles. The number of thiazole rings is 1. The fourth-order valence-electron chi connectivity index (χ4n) is 3.96. The zero-order valence-electron chi connectivity index (χ0n) is 17.5. The molecule has 0 spiro atoms. The van der Waals surface area contributed by atoms with E-state index in [-0.39, 0.29) is 5.91 Å². The molecule has 3 heterocycles. The van der Waals surface area contributed by atoms with Crippen molar-refractivity contribution in [2.45, 2.75) is 24.8 Å². The van der Waals surface area contributed by atoms with E-state index in [1.54, 1.807) is 34.4 Å². The van der Waals surface area contributed by atoms with Gasteiger partial charge in [-0.05, 0) is 55.1 Å². The van der Waals surface area contributed by atoms with Crippen LogP contribution >= 0.6 is 34.4 Å². The van der Waals surface area contributed by atoms with Gasteiger partial charge in [-0.2, -0.15) is 0 Å². The van der Waals surface area contributed by atoms with Crippen molar-refractivity contribution in [1.82, 2.24) is 9.88 Å². The number of amides is 1. The lowest BCUT2D eigenvalue weighted by Crippen LogP contribution is -2.29. The number of aromatic nitrogens is 1. The summed E-state index contributed by atoms with van der Waals surface area (Å²) in [6.45, 7) is 5.22. The van der Waals surface area contributed by atoms with E-state index in [2.05, 4.69) is 29.3 Å². The Morgan fingerprint density at radius 2 is 2.06 bits per heavy atom. The zero-order chi connectivity index (χ0) is 21.4. The number of carbonyl (C=O) groups is 1. The Kier molecular flexibility index (Phi) is 5.84. The molecule has 1 amide bonds. The summed E-state index contributed by atoms with van der Waals surface area (Å²) >= 11 is 5.05. The number of para-hydroxylation sites is 1. The fourth-order valence-corrected chi connectivity index (χ4v) is 6.81. The monoisotopic (exact) mass is 465 g/mol. The highest BCUT2D eigenvalue weighted by Crippen LogP contribution is 2.45. The van der Waals surface area contributed by atoms with Crippen molar-refractivity contribution in [3.63, 3.8) is 0 Å². The van der Waals surface area contributed by atoms with E-state index in [1.807, 2.05) is 42.7 Å². The first kappa shape index (κ1) is 20.7. The molecule has 0 atom stereocenters. The van der Waals surface area contributed by atoms with Crippen molar-refractivity contribution in [1.29, 1.82) is 0 Å². The molecule has 0 unspecified atom stereocenters. The van der Waals surface area contributed by atoms with Gasteiger partial charge in [0, 0.05) is 34.0 Å². The fraction of sp³-hybridized carbons (Fsp3) is 0.250. The Morgan fingerprint density at radius 1 is 1.19 bits per heavy atom. The summed E-state index contributed by atoms with van der Waals surface area (Å²) in [5, 5.41) is 5.14. The average molecular weight is 466 g/mol. The highest BCUT2D eigenvalue weighted by Gasteiger charge is 2.27.